The van der Waals surface area contributed by atoms with E-state index < -0.39 is 0 Å². The number of hydrogen-bond donors (Lipinski definition) is 1. The Labute approximate surface area is 163 Å². The van der Waals surface area contributed by atoms with Crippen molar-refractivity contribution in [3.05, 3.63) is 84.5 Å². The van der Waals surface area contributed by atoms with Gasteiger partial charge in [0, 0.05) is 72.3 Å². The molecule has 1 atom stereocenters. The third kappa shape index (κ3) is 3.79. The molecule has 0 aromatic carbocycles. The van der Waals surface area contributed by atoms with Crippen LogP contribution in [0, 0.1) is 6.92 Å². The van der Waals surface area contributed by atoms with Gasteiger partial charge in [0.15, 0.2) is 5.82 Å². The van der Waals surface area contributed by atoms with Crippen molar-refractivity contribution in [2.45, 2.75) is 26.4 Å². The van der Waals surface area contributed by atoms with Gasteiger partial charge in [-0.3, -0.25) is 9.55 Å². The average Bonchev–Trinajstić information content (AvgIpc) is 3.22. The Morgan fingerprint density at radius 2 is 1.79 bits per heavy atom. The molecule has 4 heterocycles. The van der Waals surface area contributed by atoms with E-state index in [0.29, 0.717) is 18.3 Å². The van der Waals surface area contributed by atoms with E-state index >= 15 is 0 Å². The fraction of sp³-hybridized carbons (Fsp3) is 0.190. The van der Waals surface area contributed by atoms with E-state index in [2.05, 4.69) is 43.2 Å². The molecule has 0 aliphatic rings. The summed E-state index contributed by atoms with van der Waals surface area (Å²) in [7, 11) is 0. The second-order valence-corrected chi connectivity index (χ2v) is 6.49. The van der Waals surface area contributed by atoms with Crippen LogP contribution < -0.4 is 5.32 Å². The van der Waals surface area contributed by atoms with Crippen LogP contribution in [0.15, 0.2) is 67.5 Å². The molecule has 0 aliphatic heterocycles. The van der Waals surface area contributed by atoms with Crippen LogP contribution >= 0.6 is 0 Å². The molecule has 4 rings (SSSR count). The van der Waals surface area contributed by atoms with Crippen LogP contribution in [0.3, 0.4) is 0 Å². The highest BCUT2D eigenvalue weighted by Crippen LogP contribution is 2.20. The van der Waals surface area contributed by atoms with Gasteiger partial charge in [-0.15, -0.1) is 0 Å². The Bertz CT molecular complexity index is 1040. The Balaban J connectivity index is 1.48. The summed E-state index contributed by atoms with van der Waals surface area (Å²) >= 11 is 0. The normalized spacial score (nSPS) is 12.1. The first-order valence-electron chi connectivity index (χ1n) is 9.13. The number of aryl methyl sites for hydroxylation is 1. The first kappa shape index (κ1) is 17.9. The second-order valence-electron chi connectivity index (χ2n) is 6.49. The van der Waals surface area contributed by atoms with Crippen LogP contribution in [-0.4, -0.2) is 29.5 Å². The number of nitrogens with zero attached hydrogens (tertiary/aromatic N) is 6. The predicted octanol–water partition coefficient (Wildman–Crippen LogP) is 3.28. The van der Waals surface area contributed by atoms with Crippen molar-refractivity contribution in [3.63, 3.8) is 0 Å². The summed E-state index contributed by atoms with van der Waals surface area (Å²) in [5.74, 6) is 1.38. The molecular weight excluding hydrogens is 350 g/mol. The van der Waals surface area contributed by atoms with Crippen molar-refractivity contribution < 1.29 is 0 Å². The molecule has 0 radical (unpaired) electrons. The van der Waals surface area contributed by atoms with Gasteiger partial charge >= 0.3 is 0 Å². The average molecular weight is 371 g/mol. The van der Waals surface area contributed by atoms with Crippen LogP contribution in [-0.2, 0) is 6.54 Å². The Kier molecular flexibility index (Phi) is 5.16. The van der Waals surface area contributed by atoms with Gasteiger partial charge in [0.1, 0.15) is 0 Å². The van der Waals surface area contributed by atoms with Gasteiger partial charge in [-0.05, 0) is 44.2 Å². The summed E-state index contributed by atoms with van der Waals surface area (Å²) < 4.78 is 1.98. The SMILES string of the molecule is Cc1nc(-c2ccncc2)ncc1[C@@H](C)NCc1cccn1-c1ncccn1. The Morgan fingerprint density at radius 3 is 2.54 bits per heavy atom. The lowest BCUT2D eigenvalue weighted by Crippen LogP contribution is -2.21. The standard InChI is InChI=1S/C21H21N7/c1-15(19-14-26-20(27-16(19)2)17-6-10-22-11-7-17)25-13-18-5-3-12-28(18)21-23-8-4-9-24-21/h3-12,14-15,25H,13H2,1-2H3/t15-/m1/s1. The number of nitrogens with one attached hydrogen (secondary N) is 1. The van der Waals surface area contributed by atoms with Crippen molar-refractivity contribution in [2.75, 3.05) is 0 Å². The van der Waals surface area contributed by atoms with Crippen molar-refractivity contribution in [2.24, 2.45) is 0 Å². The summed E-state index contributed by atoms with van der Waals surface area (Å²) in [6.45, 7) is 4.81. The number of pyridine rings is 1. The van der Waals surface area contributed by atoms with Gasteiger partial charge in [0.25, 0.3) is 0 Å². The summed E-state index contributed by atoms with van der Waals surface area (Å²) in [5.41, 5.74) is 4.09. The summed E-state index contributed by atoms with van der Waals surface area (Å²) in [4.78, 5) is 21.9. The van der Waals surface area contributed by atoms with Gasteiger partial charge in [-0.2, -0.15) is 0 Å². The molecule has 28 heavy (non-hydrogen) atoms. The molecule has 1 N–H and O–H groups in total. The minimum absolute atomic E-state index is 0.103. The zero-order chi connectivity index (χ0) is 19.3. The number of hydrogen-bond acceptors (Lipinski definition) is 6. The van der Waals surface area contributed by atoms with Crippen LogP contribution in [0.5, 0.6) is 0 Å². The monoisotopic (exact) mass is 371 g/mol. The smallest absolute Gasteiger partial charge is 0.233 e. The van der Waals surface area contributed by atoms with Gasteiger partial charge in [-0.25, -0.2) is 19.9 Å². The molecule has 0 saturated heterocycles. The zero-order valence-electron chi connectivity index (χ0n) is 15.8. The van der Waals surface area contributed by atoms with Crippen molar-refractivity contribution in [1.82, 2.24) is 34.8 Å². The van der Waals surface area contributed by atoms with Gasteiger partial charge in [0.2, 0.25) is 5.95 Å². The van der Waals surface area contributed by atoms with Crippen molar-refractivity contribution >= 4 is 0 Å². The molecule has 0 spiro atoms. The molecule has 4 aromatic rings. The number of aromatic nitrogens is 6. The van der Waals surface area contributed by atoms with E-state index in [4.69, 9.17) is 0 Å². The first-order valence-corrected chi connectivity index (χ1v) is 9.13. The van der Waals surface area contributed by atoms with E-state index in [1.54, 1.807) is 24.8 Å². The quantitative estimate of drug-likeness (QED) is 0.560. The molecule has 4 aromatic heterocycles. The highest BCUT2D eigenvalue weighted by Gasteiger charge is 2.13. The van der Waals surface area contributed by atoms with E-state index in [1.807, 2.05) is 48.1 Å². The van der Waals surface area contributed by atoms with Crippen LogP contribution in [0.4, 0.5) is 0 Å². The van der Waals surface area contributed by atoms with Gasteiger partial charge in [0.05, 0.1) is 0 Å². The maximum atomic E-state index is 4.67. The minimum Gasteiger partial charge on any atom is -0.305 e. The third-order valence-electron chi connectivity index (χ3n) is 4.61. The maximum Gasteiger partial charge on any atom is 0.233 e. The number of rotatable bonds is 6. The molecule has 0 fully saturated rings. The Hall–Kier alpha value is -3.45. The lowest BCUT2D eigenvalue weighted by molar-refractivity contribution is 0.555. The predicted molar refractivity (Wildman–Crippen MR) is 107 cm³/mol. The van der Waals surface area contributed by atoms with Crippen LogP contribution in [0.1, 0.15) is 29.9 Å². The molecule has 0 aliphatic carbocycles. The largest absolute Gasteiger partial charge is 0.305 e. The maximum absolute atomic E-state index is 4.67. The van der Waals surface area contributed by atoms with E-state index in [9.17, 15) is 0 Å². The molecular formula is C21H21N7. The lowest BCUT2D eigenvalue weighted by atomic mass is 10.1. The molecule has 0 saturated carbocycles. The highest BCUT2D eigenvalue weighted by molar-refractivity contribution is 5.53. The third-order valence-corrected chi connectivity index (χ3v) is 4.61. The molecule has 0 bridgehead atoms. The second kappa shape index (κ2) is 8.06. The zero-order valence-corrected chi connectivity index (χ0v) is 15.8. The van der Waals surface area contributed by atoms with Crippen molar-refractivity contribution in [1.29, 1.82) is 0 Å². The highest BCUT2D eigenvalue weighted by atomic mass is 15.2. The van der Waals surface area contributed by atoms with Crippen LogP contribution in [0.25, 0.3) is 17.3 Å². The molecule has 7 nitrogen and oxygen atoms in total. The molecule has 0 amide bonds. The van der Waals surface area contributed by atoms with E-state index in [0.717, 1.165) is 22.5 Å². The van der Waals surface area contributed by atoms with Gasteiger partial charge < -0.3 is 5.32 Å². The summed E-state index contributed by atoms with van der Waals surface area (Å²) in [6.07, 6.45) is 10.8. The summed E-state index contributed by atoms with van der Waals surface area (Å²) in [6, 6.07) is 9.80. The fourth-order valence-electron chi connectivity index (χ4n) is 3.08. The first-order chi connectivity index (χ1) is 13.7. The molecule has 0 unspecified atom stereocenters. The van der Waals surface area contributed by atoms with E-state index in [1.165, 1.54) is 0 Å². The fourth-order valence-corrected chi connectivity index (χ4v) is 3.08. The van der Waals surface area contributed by atoms with Gasteiger partial charge in [-0.1, -0.05) is 0 Å². The Morgan fingerprint density at radius 1 is 1.00 bits per heavy atom. The van der Waals surface area contributed by atoms with E-state index in [-0.39, 0.29) is 6.04 Å². The lowest BCUT2D eigenvalue weighted by Gasteiger charge is -2.17. The minimum atomic E-state index is 0.103. The molecule has 7 heteroatoms. The summed E-state index contributed by atoms with van der Waals surface area (Å²) in [5, 5.41) is 3.55. The van der Waals surface area contributed by atoms with Crippen LogP contribution in [0.2, 0.25) is 0 Å². The molecule has 140 valence electrons. The topological polar surface area (TPSA) is 81.4 Å². The van der Waals surface area contributed by atoms with Crippen molar-refractivity contribution in [3.8, 4) is 17.3 Å².